The van der Waals surface area contributed by atoms with E-state index < -0.39 is 5.41 Å². The van der Waals surface area contributed by atoms with Crippen molar-refractivity contribution in [3.05, 3.63) is 228 Å². The van der Waals surface area contributed by atoms with E-state index in [4.69, 9.17) is 14.7 Å². The normalized spacial score (nSPS) is 12.7. The van der Waals surface area contributed by atoms with E-state index in [-0.39, 0.29) is 0 Å². The lowest BCUT2D eigenvalue weighted by atomic mass is 9.66. The molecule has 1 aliphatic heterocycles. The monoisotopic (exact) mass is 739 g/mol. The SMILES string of the molecule is N#Cc1ccc(-c2ccc3c(c2)Oc2cc(-c4cc(-c5ccc(-c6ccccc6)cc5)nc(-c5ccccc5)n4)ccc2C32c3ccccc3-c3ccccc32)cc1. The Morgan fingerprint density at radius 3 is 1.45 bits per heavy atom. The second kappa shape index (κ2) is 13.4. The summed E-state index contributed by atoms with van der Waals surface area (Å²) in [4.78, 5) is 10.3. The van der Waals surface area contributed by atoms with Gasteiger partial charge in [-0.1, -0.05) is 170 Å². The Bertz CT molecular complexity index is 3030. The standard InChI is InChI=1S/C54H33N3O/c55-34-35-19-21-38(22-20-35)41-27-29-47-51(31-41)58-52-32-42(28-30-48(52)54(47)45-17-9-7-15-43(45)44-16-8-10-18-46(44)54)50-33-49(56-53(57-50)40-13-5-2-6-14-40)39-25-23-37(24-26-39)36-11-3-1-4-12-36/h1-33H. The fourth-order valence-corrected chi connectivity index (χ4v) is 8.91. The van der Waals surface area contributed by atoms with Crippen LogP contribution in [0.25, 0.3) is 67.3 Å². The molecule has 0 N–H and O–H groups in total. The molecule has 0 fully saturated rings. The molecule has 1 aliphatic carbocycles. The first-order valence-electron chi connectivity index (χ1n) is 19.4. The number of nitriles is 1. The number of ether oxygens (including phenoxy) is 1. The van der Waals surface area contributed by atoms with Gasteiger partial charge in [0.25, 0.3) is 0 Å². The zero-order valence-corrected chi connectivity index (χ0v) is 31.3. The average Bonchev–Trinajstić information content (AvgIpc) is 3.59. The molecule has 11 rings (SSSR count). The van der Waals surface area contributed by atoms with Gasteiger partial charge in [-0.05, 0) is 74.8 Å². The Morgan fingerprint density at radius 1 is 0.379 bits per heavy atom. The van der Waals surface area contributed by atoms with Crippen molar-refractivity contribution in [3.63, 3.8) is 0 Å². The molecular weight excluding hydrogens is 707 g/mol. The zero-order chi connectivity index (χ0) is 38.6. The summed E-state index contributed by atoms with van der Waals surface area (Å²) in [5, 5.41) is 9.45. The van der Waals surface area contributed by atoms with E-state index in [9.17, 15) is 5.26 Å². The van der Waals surface area contributed by atoms with E-state index in [1.807, 2.05) is 48.5 Å². The highest BCUT2D eigenvalue weighted by Gasteiger charge is 2.51. The first-order valence-corrected chi connectivity index (χ1v) is 19.4. The second-order valence-corrected chi connectivity index (χ2v) is 14.8. The Hall–Kier alpha value is -7.87. The topological polar surface area (TPSA) is 58.8 Å². The number of benzene rings is 8. The summed E-state index contributed by atoms with van der Waals surface area (Å²) in [6, 6.07) is 71.8. The quantitative estimate of drug-likeness (QED) is 0.176. The second-order valence-electron chi connectivity index (χ2n) is 14.8. The molecule has 8 aromatic carbocycles. The summed E-state index contributed by atoms with van der Waals surface area (Å²) in [6.45, 7) is 0. The molecule has 9 aromatic rings. The van der Waals surface area contributed by atoms with Gasteiger partial charge >= 0.3 is 0 Å². The Balaban J connectivity index is 1.10. The summed E-state index contributed by atoms with van der Waals surface area (Å²) in [5.41, 5.74) is 16.0. The maximum Gasteiger partial charge on any atom is 0.160 e. The van der Waals surface area contributed by atoms with Crippen molar-refractivity contribution in [1.29, 1.82) is 5.26 Å². The van der Waals surface area contributed by atoms with Gasteiger partial charge in [0.1, 0.15) is 11.5 Å². The molecule has 0 saturated heterocycles. The van der Waals surface area contributed by atoms with E-state index in [0.717, 1.165) is 67.4 Å². The molecule has 2 aliphatic rings. The van der Waals surface area contributed by atoms with Crippen LogP contribution in [0.15, 0.2) is 200 Å². The number of aromatic nitrogens is 2. The summed E-state index contributed by atoms with van der Waals surface area (Å²) in [5.74, 6) is 2.23. The Kier molecular flexibility index (Phi) is 7.74. The summed E-state index contributed by atoms with van der Waals surface area (Å²) in [7, 11) is 0. The number of rotatable bonds is 5. The molecule has 0 radical (unpaired) electrons. The molecule has 2 heterocycles. The Labute approximate surface area is 337 Å². The van der Waals surface area contributed by atoms with Crippen molar-refractivity contribution in [1.82, 2.24) is 9.97 Å². The van der Waals surface area contributed by atoms with Gasteiger partial charge in [0.15, 0.2) is 5.82 Å². The van der Waals surface area contributed by atoms with Gasteiger partial charge in [-0.25, -0.2) is 9.97 Å². The third-order valence-corrected chi connectivity index (χ3v) is 11.6. The summed E-state index contributed by atoms with van der Waals surface area (Å²) >= 11 is 0. The molecule has 0 amide bonds. The summed E-state index contributed by atoms with van der Waals surface area (Å²) < 4.78 is 7.05. The molecule has 1 aromatic heterocycles. The number of nitrogens with zero attached hydrogens (tertiary/aromatic N) is 3. The molecule has 0 unspecified atom stereocenters. The van der Waals surface area contributed by atoms with Crippen molar-refractivity contribution >= 4 is 0 Å². The lowest BCUT2D eigenvalue weighted by Crippen LogP contribution is -2.32. The van der Waals surface area contributed by atoms with Gasteiger partial charge in [-0.3, -0.25) is 0 Å². The average molecular weight is 740 g/mol. The highest BCUT2D eigenvalue weighted by atomic mass is 16.5. The van der Waals surface area contributed by atoms with Crippen LogP contribution in [0.4, 0.5) is 0 Å². The van der Waals surface area contributed by atoms with E-state index in [1.54, 1.807) is 0 Å². The minimum Gasteiger partial charge on any atom is -0.457 e. The molecule has 0 atom stereocenters. The van der Waals surface area contributed by atoms with E-state index in [2.05, 4.69) is 158 Å². The molecule has 0 saturated carbocycles. The lowest BCUT2D eigenvalue weighted by Gasteiger charge is -2.39. The number of hydrogen-bond donors (Lipinski definition) is 0. The van der Waals surface area contributed by atoms with E-state index >= 15 is 0 Å². The van der Waals surface area contributed by atoms with Crippen LogP contribution < -0.4 is 4.74 Å². The summed E-state index contributed by atoms with van der Waals surface area (Å²) in [6.07, 6.45) is 0. The maximum atomic E-state index is 9.45. The van der Waals surface area contributed by atoms with Gasteiger partial charge in [-0.15, -0.1) is 0 Å². The molecule has 4 heteroatoms. The lowest BCUT2D eigenvalue weighted by molar-refractivity contribution is 0.437. The third-order valence-electron chi connectivity index (χ3n) is 11.6. The number of fused-ring (bicyclic) bond motifs is 9. The van der Waals surface area contributed by atoms with Crippen LogP contribution in [0.3, 0.4) is 0 Å². The van der Waals surface area contributed by atoms with Crippen molar-refractivity contribution in [2.75, 3.05) is 0 Å². The fraction of sp³-hybridized carbons (Fsp3) is 0.0185. The van der Waals surface area contributed by atoms with Crippen LogP contribution in [-0.2, 0) is 5.41 Å². The highest BCUT2D eigenvalue weighted by Crippen LogP contribution is 2.62. The van der Waals surface area contributed by atoms with Gasteiger partial charge < -0.3 is 4.74 Å². The maximum absolute atomic E-state index is 9.45. The molecule has 0 bridgehead atoms. The first kappa shape index (κ1) is 33.5. The Morgan fingerprint density at radius 2 is 0.828 bits per heavy atom. The van der Waals surface area contributed by atoms with Crippen molar-refractivity contribution in [2.24, 2.45) is 0 Å². The van der Waals surface area contributed by atoms with Crippen LogP contribution in [-0.4, -0.2) is 9.97 Å². The van der Waals surface area contributed by atoms with Crippen molar-refractivity contribution in [2.45, 2.75) is 5.41 Å². The first-order chi connectivity index (χ1) is 28.7. The minimum absolute atomic E-state index is 0.607. The molecule has 270 valence electrons. The van der Waals surface area contributed by atoms with Crippen LogP contribution in [0.5, 0.6) is 11.5 Å². The molecule has 58 heavy (non-hydrogen) atoms. The van der Waals surface area contributed by atoms with Crippen molar-refractivity contribution in [3.8, 4) is 84.9 Å². The highest BCUT2D eigenvalue weighted by molar-refractivity contribution is 5.89. The molecule has 1 spiro atoms. The van der Waals surface area contributed by atoms with Gasteiger partial charge in [-0.2, -0.15) is 5.26 Å². The smallest absolute Gasteiger partial charge is 0.160 e. The van der Waals surface area contributed by atoms with Crippen LogP contribution in [0, 0.1) is 11.3 Å². The van der Waals surface area contributed by atoms with Crippen LogP contribution in [0.2, 0.25) is 0 Å². The number of hydrogen-bond acceptors (Lipinski definition) is 4. The predicted octanol–water partition coefficient (Wildman–Crippen LogP) is 13.2. The largest absolute Gasteiger partial charge is 0.457 e. The molecule has 4 nitrogen and oxygen atoms in total. The fourth-order valence-electron chi connectivity index (χ4n) is 8.91. The third kappa shape index (κ3) is 5.29. The molecular formula is C54H33N3O. The van der Waals surface area contributed by atoms with Gasteiger partial charge in [0.05, 0.1) is 28.4 Å². The minimum atomic E-state index is -0.607. The van der Waals surface area contributed by atoms with Gasteiger partial charge in [0, 0.05) is 27.8 Å². The predicted molar refractivity (Wildman–Crippen MR) is 231 cm³/mol. The zero-order valence-electron chi connectivity index (χ0n) is 31.3. The van der Waals surface area contributed by atoms with E-state index in [0.29, 0.717) is 11.4 Å². The van der Waals surface area contributed by atoms with Crippen LogP contribution >= 0.6 is 0 Å². The van der Waals surface area contributed by atoms with Crippen molar-refractivity contribution < 1.29 is 4.74 Å². The van der Waals surface area contributed by atoms with E-state index in [1.165, 1.54) is 27.8 Å². The van der Waals surface area contributed by atoms with Gasteiger partial charge in [0.2, 0.25) is 0 Å². The van der Waals surface area contributed by atoms with Crippen LogP contribution in [0.1, 0.15) is 27.8 Å².